The average Bonchev–Trinajstić information content (AvgIpc) is 2.99. The number of aliphatic hydroxyl groups excluding tert-OH is 1. The van der Waals surface area contributed by atoms with Gasteiger partial charge in [0.05, 0.1) is 5.60 Å². The van der Waals surface area contributed by atoms with E-state index in [0.29, 0.717) is 23.2 Å². The van der Waals surface area contributed by atoms with Gasteiger partial charge in [-0.25, -0.2) is 8.78 Å². The van der Waals surface area contributed by atoms with Crippen LogP contribution in [0.3, 0.4) is 0 Å². The zero-order valence-electron chi connectivity index (χ0n) is 19.8. The van der Waals surface area contributed by atoms with Gasteiger partial charge in [0.15, 0.2) is 0 Å². The van der Waals surface area contributed by atoms with Gasteiger partial charge in [-0.3, -0.25) is 0 Å². The molecular formula is C26H44F2O2. The number of hydrogen-bond donors (Lipinski definition) is 2. The molecule has 0 amide bonds. The van der Waals surface area contributed by atoms with E-state index in [1.54, 1.807) is 0 Å². The van der Waals surface area contributed by atoms with Crippen molar-refractivity contribution < 1.29 is 19.0 Å². The predicted molar refractivity (Wildman–Crippen MR) is 116 cm³/mol. The molecular weight excluding hydrogens is 382 g/mol. The van der Waals surface area contributed by atoms with Crippen LogP contribution < -0.4 is 0 Å². The fourth-order valence-electron chi connectivity index (χ4n) is 9.15. The normalized spacial score (nSPS) is 50.9. The minimum atomic E-state index is -2.99. The molecule has 0 aromatic carbocycles. The first-order chi connectivity index (χ1) is 13.8. The minimum Gasteiger partial charge on any atom is -0.390 e. The smallest absolute Gasteiger partial charge is 0.273 e. The topological polar surface area (TPSA) is 40.5 Å². The highest BCUT2D eigenvalue weighted by Gasteiger charge is 2.61. The van der Waals surface area contributed by atoms with Crippen molar-refractivity contribution in [3.8, 4) is 0 Å². The van der Waals surface area contributed by atoms with E-state index in [4.69, 9.17) is 0 Å². The maximum Gasteiger partial charge on any atom is 0.273 e. The second-order valence-electron chi connectivity index (χ2n) is 12.7. The lowest BCUT2D eigenvalue weighted by Gasteiger charge is -2.62. The highest BCUT2D eigenvalue weighted by molar-refractivity contribution is 5.10. The van der Waals surface area contributed by atoms with Gasteiger partial charge in [-0.1, -0.05) is 20.8 Å². The van der Waals surface area contributed by atoms with Crippen LogP contribution in [-0.2, 0) is 0 Å². The van der Waals surface area contributed by atoms with E-state index in [0.717, 1.165) is 43.9 Å². The van der Waals surface area contributed by atoms with Crippen molar-refractivity contribution in [3.05, 3.63) is 0 Å². The number of rotatable bonds is 4. The highest BCUT2D eigenvalue weighted by Crippen LogP contribution is 2.69. The molecule has 4 saturated carbocycles. The zero-order chi connectivity index (χ0) is 22.1. The van der Waals surface area contributed by atoms with Gasteiger partial charge >= 0.3 is 0 Å². The molecule has 0 aliphatic heterocycles. The van der Waals surface area contributed by atoms with Crippen LogP contribution in [0.5, 0.6) is 0 Å². The molecule has 4 heteroatoms. The lowest BCUT2D eigenvalue weighted by molar-refractivity contribution is -0.152. The summed E-state index contributed by atoms with van der Waals surface area (Å²) in [5.74, 6) is 0.0385. The Bertz CT molecular complexity index is 647. The molecule has 10 atom stereocenters. The van der Waals surface area contributed by atoms with Crippen LogP contribution in [0.1, 0.15) is 98.8 Å². The van der Waals surface area contributed by atoms with E-state index < -0.39 is 17.6 Å². The molecule has 2 N–H and O–H groups in total. The Hall–Kier alpha value is -0.220. The van der Waals surface area contributed by atoms with Crippen LogP contribution in [-0.4, -0.2) is 27.8 Å². The largest absolute Gasteiger partial charge is 0.390 e. The van der Waals surface area contributed by atoms with E-state index in [1.807, 2.05) is 13.8 Å². The predicted octanol–water partition coefficient (Wildman–Crippen LogP) is 6.44. The molecule has 4 aliphatic carbocycles. The molecule has 0 aromatic rings. The highest BCUT2D eigenvalue weighted by atomic mass is 19.3. The van der Waals surface area contributed by atoms with Crippen LogP contribution in [0, 0.1) is 46.3 Å². The van der Waals surface area contributed by atoms with E-state index in [1.165, 1.54) is 32.6 Å². The van der Waals surface area contributed by atoms with Crippen LogP contribution in [0.25, 0.3) is 0 Å². The lowest BCUT2D eigenvalue weighted by Crippen LogP contribution is -2.55. The fourth-order valence-corrected chi connectivity index (χ4v) is 9.15. The quantitative estimate of drug-likeness (QED) is 0.543. The Balaban J connectivity index is 1.52. The van der Waals surface area contributed by atoms with Gasteiger partial charge in [0.25, 0.3) is 5.92 Å². The summed E-state index contributed by atoms with van der Waals surface area (Å²) < 4.78 is 28.6. The third-order valence-corrected chi connectivity index (χ3v) is 10.9. The zero-order valence-corrected chi connectivity index (χ0v) is 19.8. The standard InChI is InChI=1S/C26H44F2O2/c1-16(14-26(27,28)17(2)29)20-8-9-21-19-7-6-18-15-23(3,30)12-13-24(18,4)22(19)10-11-25(20,21)5/h16-22,29-30H,6-15H2,1-5H3/t16-,17-,18+,19+,20-,21+,22+,23+,24+,25-/m1/s1. The van der Waals surface area contributed by atoms with Gasteiger partial charge in [0, 0.05) is 6.42 Å². The summed E-state index contributed by atoms with van der Waals surface area (Å²) in [5, 5.41) is 20.2. The first kappa shape index (κ1) is 23.0. The monoisotopic (exact) mass is 426 g/mol. The maximum atomic E-state index is 14.3. The molecule has 0 bridgehead atoms. The Morgan fingerprint density at radius 1 is 0.900 bits per heavy atom. The molecule has 0 unspecified atom stereocenters. The van der Waals surface area contributed by atoms with E-state index in [-0.39, 0.29) is 17.8 Å². The van der Waals surface area contributed by atoms with Gasteiger partial charge in [0.2, 0.25) is 0 Å². The van der Waals surface area contributed by atoms with Crippen molar-refractivity contribution in [1.29, 1.82) is 0 Å². The van der Waals surface area contributed by atoms with Crippen LogP contribution in [0.4, 0.5) is 8.78 Å². The molecule has 30 heavy (non-hydrogen) atoms. The molecule has 0 radical (unpaired) electrons. The molecule has 0 spiro atoms. The van der Waals surface area contributed by atoms with Gasteiger partial charge in [0.1, 0.15) is 6.10 Å². The summed E-state index contributed by atoms with van der Waals surface area (Å²) in [4.78, 5) is 0. The lowest BCUT2D eigenvalue weighted by atomic mass is 9.43. The number of aliphatic hydroxyl groups is 2. The van der Waals surface area contributed by atoms with Gasteiger partial charge < -0.3 is 10.2 Å². The van der Waals surface area contributed by atoms with Crippen molar-refractivity contribution in [2.45, 2.75) is 116 Å². The molecule has 0 saturated heterocycles. The number of fused-ring (bicyclic) bond motifs is 5. The van der Waals surface area contributed by atoms with Crippen LogP contribution >= 0.6 is 0 Å². The number of halogens is 2. The third kappa shape index (κ3) is 3.56. The summed E-state index contributed by atoms with van der Waals surface area (Å²) in [6, 6.07) is 0. The van der Waals surface area contributed by atoms with Crippen molar-refractivity contribution in [1.82, 2.24) is 0 Å². The number of alkyl halides is 2. The van der Waals surface area contributed by atoms with Gasteiger partial charge in [-0.15, -0.1) is 0 Å². The summed E-state index contributed by atoms with van der Waals surface area (Å²) in [6.07, 6.45) is 8.35. The van der Waals surface area contributed by atoms with Crippen molar-refractivity contribution in [3.63, 3.8) is 0 Å². The summed E-state index contributed by atoms with van der Waals surface area (Å²) in [5.41, 5.74) is 0.0113. The summed E-state index contributed by atoms with van der Waals surface area (Å²) in [7, 11) is 0. The average molecular weight is 427 g/mol. The number of hydrogen-bond acceptors (Lipinski definition) is 2. The van der Waals surface area contributed by atoms with E-state index in [9.17, 15) is 19.0 Å². The Kier molecular flexibility index (Phi) is 5.66. The second-order valence-corrected chi connectivity index (χ2v) is 12.7. The third-order valence-electron chi connectivity index (χ3n) is 10.9. The molecule has 4 aliphatic rings. The maximum absolute atomic E-state index is 14.3. The second kappa shape index (κ2) is 7.40. The first-order valence-electron chi connectivity index (χ1n) is 12.6. The van der Waals surface area contributed by atoms with E-state index in [2.05, 4.69) is 13.8 Å². The van der Waals surface area contributed by atoms with E-state index >= 15 is 0 Å². The first-order valence-corrected chi connectivity index (χ1v) is 12.6. The molecule has 0 aromatic heterocycles. The summed E-state index contributed by atoms with van der Waals surface area (Å²) in [6.45, 7) is 10.1. The SMILES string of the molecule is C[C@H](CC(F)(F)[C@@H](C)O)[C@H]1CC[C@H]2[C@@H]3CC[C@H]4C[C@@](C)(O)CC[C@]4(C)[C@H]3CC[C@]12C. The van der Waals surface area contributed by atoms with Crippen molar-refractivity contribution in [2.75, 3.05) is 0 Å². The molecule has 174 valence electrons. The Labute approximate surface area is 182 Å². The molecule has 0 heterocycles. The molecule has 2 nitrogen and oxygen atoms in total. The van der Waals surface area contributed by atoms with Gasteiger partial charge in [-0.05, 0) is 118 Å². The molecule has 4 rings (SSSR count). The Morgan fingerprint density at radius 2 is 1.57 bits per heavy atom. The Morgan fingerprint density at radius 3 is 2.23 bits per heavy atom. The minimum absolute atomic E-state index is 0.0575. The summed E-state index contributed by atoms with van der Waals surface area (Å²) >= 11 is 0. The van der Waals surface area contributed by atoms with Crippen molar-refractivity contribution in [2.24, 2.45) is 46.3 Å². The van der Waals surface area contributed by atoms with Crippen molar-refractivity contribution >= 4 is 0 Å². The fraction of sp³-hybridized carbons (Fsp3) is 1.00. The van der Waals surface area contributed by atoms with Gasteiger partial charge in [-0.2, -0.15) is 0 Å². The van der Waals surface area contributed by atoms with Crippen LogP contribution in [0.15, 0.2) is 0 Å². The van der Waals surface area contributed by atoms with Crippen LogP contribution in [0.2, 0.25) is 0 Å². The molecule has 4 fully saturated rings.